The van der Waals surface area contributed by atoms with Gasteiger partial charge in [-0.1, -0.05) is 31.0 Å². The Kier molecular flexibility index (Phi) is 4.47. The third-order valence-electron chi connectivity index (χ3n) is 3.66. The molecule has 94 valence electrons. The van der Waals surface area contributed by atoms with E-state index in [2.05, 4.69) is 31.3 Å². The molecule has 0 radical (unpaired) electrons. The molecule has 0 saturated heterocycles. The van der Waals surface area contributed by atoms with Crippen molar-refractivity contribution in [3.8, 4) is 0 Å². The molecule has 1 N–H and O–H groups in total. The van der Waals surface area contributed by atoms with Crippen molar-refractivity contribution in [2.45, 2.75) is 45.6 Å². The van der Waals surface area contributed by atoms with Crippen molar-refractivity contribution in [2.75, 3.05) is 6.54 Å². The number of nitrogens with one attached hydrogen (secondary N) is 1. The van der Waals surface area contributed by atoms with Crippen LogP contribution in [0, 0.1) is 12.8 Å². The molecule has 1 aromatic rings. The molecule has 1 unspecified atom stereocenters. The minimum absolute atomic E-state index is 0.501. The molecular formula is C15H22ClN. The zero-order chi connectivity index (χ0) is 12.3. The van der Waals surface area contributed by atoms with Gasteiger partial charge in [-0.3, -0.25) is 0 Å². The van der Waals surface area contributed by atoms with Crippen LogP contribution < -0.4 is 5.32 Å². The maximum absolute atomic E-state index is 6.17. The predicted octanol–water partition coefficient (Wildman–Crippen LogP) is 4.49. The summed E-state index contributed by atoms with van der Waals surface area (Å²) in [6.07, 6.45) is 5.27. The van der Waals surface area contributed by atoms with Gasteiger partial charge in [0.25, 0.3) is 0 Å². The highest BCUT2D eigenvalue weighted by Crippen LogP contribution is 2.38. The molecule has 1 atom stereocenters. The van der Waals surface area contributed by atoms with E-state index in [-0.39, 0.29) is 0 Å². The van der Waals surface area contributed by atoms with Crippen molar-refractivity contribution < 1.29 is 0 Å². The second-order valence-corrected chi connectivity index (χ2v) is 5.62. The predicted molar refractivity (Wildman–Crippen MR) is 74.6 cm³/mol. The zero-order valence-corrected chi connectivity index (χ0v) is 11.6. The molecule has 2 rings (SSSR count). The van der Waals surface area contributed by atoms with Crippen LogP contribution in [0.5, 0.6) is 0 Å². The molecule has 0 heterocycles. The van der Waals surface area contributed by atoms with Crippen LogP contribution in [-0.4, -0.2) is 6.54 Å². The smallest absolute Gasteiger partial charge is 0.0411 e. The van der Waals surface area contributed by atoms with Crippen LogP contribution in [0.3, 0.4) is 0 Å². The van der Waals surface area contributed by atoms with Gasteiger partial charge in [-0.15, -0.1) is 0 Å². The maximum atomic E-state index is 6.17. The fourth-order valence-corrected chi connectivity index (χ4v) is 2.87. The van der Waals surface area contributed by atoms with Gasteiger partial charge >= 0.3 is 0 Å². The van der Waals surface area contributed by atoms with Crippen LogP contribution in [0.25, 0.3) is 0 Å². The number of rotatable bonds is 5. The number of hydrogen-bond acceptors (Lipinski definition) is 1. The topological polar surface area (TPSA) is 12.0 Å². The lowest BCUT2D eigenvalue weighted by atomic mass is 9.77. The average molecular weight is 252 g/mol. The van der Waals surface area contributed by atoms with Gasteiger partial charge in [0.1, 0.15) is 0 Å². The molecule has 0 aliphatic heterocycles. The van der Waals surface area contributed by atoms with Crippen molar-refractivity contribution in [3.63, 3.8) is 0 Å². The van der Waals surface area contributed by atoms with Gasteiger partial charge in [0.05, 0.1) is 0 Å². The third kappa shape index (κ3) is 3.23. The van der Waals surface area contributed by atoms with E-state index in [1.165, 1.54) is 36.8 Å². The lowest BCUT2D eigenvalue weighted by molar-refractivity contribution is 0.231. The van der Waals surface area contributed by atoms with E-state index in [1.807, 2.05) is 6.07 Å². The monoisotopic (exact) mass is 251 g/mol. The number of aryl methyl sites for hydroxylation is 1. The van der Waals surface area contributed by atoms with Gasteiger partial charge in [-0.2, -0.15) is 0 Å². The van der Waals surface area contributed by atoms with Crippen molar-refractivity contribution in [3.05, 3.63) is 34.3 Å². The molecule has 0 spiro atoms. The molecule has 2 heteroatoms. The Bertz CT molecular complexity index is 351. The Morgan fingerprint density at radius 1 is 1.35 bits per heavy atom. The lowest BCUT2D eigenvalue weighted by Crippen LogP contribution is -2.32. The molecule has 1 aliphatic rings. The van der Waals surface area contributed by atoms with E-state index < -0.39 is 0 Å². The van der Waals surface area contributed by atoms with Crippen LogP contribution in [0.15, 0.2) is 18.2 Å². The summed E-state index contributed by atoms with van der Waals surface area (Å²) < 4.78 is 0. The number of halogens is 1. The highest BCUT2D eigenvalue weighted by Gasteiger charge is 2.28. The van der Waals surface area contributed by atoms with Gasteiger partial charge in [0, 0.05) is 11.1 Å². The van der Waals surface area contributed by atoms with Crippen LogP contribution in [0.1, 0.15) is 49.8 Å². The van der Waals surface area contributed by atoms with Gasteiger partial charge in [-0.05, 0) is 61.9 Å². The molecule has 1 nitrogen and oxygen atoms in total. The van der Waals surface area contributed by atoms with E-state index in [4.69, 9.17) is 11.6 Å². The van der Waals surface area contributed by atoms with Gasteiger partial charge in [-0.25, -0.2) is 0 Å². The van der Waals surface area contributed by atoms with E-state index in [9.17, 15) is 0 Å². The summed E-state index contributed by atoms with van der Waals surface area (Å²) in [4.78, 5) is 0. The Morgan fingerprint density at radius 3 is 2.65 bits per heavy atom. The maximum Gasteiger partial charge on any atom is 0.0411 e. The van der Waals surface area contributed by atoms with Crippen molar-refractivity contribution in [1.82, 2.24) is 5.32 Å². The summed E-state index contributed by atoms with van der Waals surface area (Å²) in [5.41, 5.74) is 2.63. The first-order chi connectivity index (χ1) is 8.20. The first-order valence-corrected chi connectivity index (χ1v) is 7.09. The molecular weight excluding hydrogens is 230 g/mol. The summed E-state index contributed by atoms with van der Waals surface area (Å²) in [6, 6.07) is 6.93. The minimum Gasteiger partial charge on any atom is -0.310 e. The second kappa shape index (κ2) is 5.88. The lowest BCUT2D eigenvalue weighted by Gasteiger charge is -2.35. The summed E-state index contributed by atoms with van der Waals surface area (Å²) in [5, 5.41) is 4.55. The summed E-state index contributed by atoms with van der Waals surface area (Å²) in [7, 11) is 0. The number of benzene rings is 1. The Labute approximate surface area is 110 Å². The second-order valence-electron chi connectivity index (χ2n) is 5.18. The molecule has 0 amide bonds. The fraction of sp³-hybridized carbons (Fsp3) is 0.600. The number of hydrogen-bond donors (Lipinski definition) is 1. The molecule has 1 fully saturated rings. The first kappa shape index (κ1) is 12.9. The molecule has 0 aromatic heterocycles. The molecule has 17 heavy (non-hydrogen) atoms. The largest absolute Gasteiger partial charge is 0.310 e. The Hall–Kier alpha value is -0.530. The van der Waals surface area contributed by atoms with Crippen molar-refractivity contribution in [1.29, 1.82) is 0 Å². The minimum atomic E-state index is 0.501. The summed E-state index contributed by atoms with van der Waals surface area (Å²) >= 11 is 6.17. The highest BCUT2D eigenvalue weighted by atomic mass is 35.5. The molecule has 1 aromatic carbocycles. The van der Waals surface area contributed by atoms with E-state index >= 15 is 0 Å². The summed E-state index contributed by atoms with van der Waals surface area (Å²) in [5.74, 6) is 0.805. The quantitative estimate of drug-likeness (QED) is 0.813. The van der Waals surface area contributed by atoms with Gasteiger partial charge in [0.15, 0.2) is 0 Å². The van der Waals surface area contributed by atoms with Crippen molar-refractivity contribution in [2.24, 2.45) is 5.92 Å². The van der Waals surface area contributed by atoms with Gasteiger partial charge in [0.2, 0.25) is 0 Å². The SMILES string of the molecule is CCCNC(c1cc(C)cc(Cl)c1)C1CCC1. The Balaban J connectivity index is 2.17. The van der Waals surface area contributed by atoms with Crippen LogP contribution in [0.4, 0.5) is 0 Å². The van der Waals surface area contributed by atoms with Crippen LogP contribution in [-0.2, 0) is 0 Å². The fourth-order valence-electron chi connectivity index (χ4n) is 2.57. The Morgan fingerprint density at radius 2 is 2.12 bits per heavy atom. The van der Waals surface area contributed by atoms with E-state index in [1.54, 1.807) is 0 Å². The highest BCUT2D eigenvalue weighted by molar-refractivity contribution is 6.30. The first-order valence-electron chi connectivity index (χ1n) is 6.71. The summed E-state index contributed by atoms with van der Waals surface area (Å²) in [6.45, 7) is 5.42. The standard InChI is InChI=1S/C15H22ClN/c1-3-7-17-15(12-5-4-6-12)13-8-11(2)9-14(16)10-13/h8-10,12,15,17H,3-7H2,1-2H3. The van der Waals surface area contributed by atoms with E-state index in [0.29, 0.717) is 6.04 Å². The van der Waals surface area contributed by atoms with Crippen molar-refractivity contribution >= 4 is 11.6 Å². The third-order valence-corrected chi connectivity index (χ3v) is 3.88. The van der Waals surface area contributed by atoms with Crippen LogP contribution >= 0.6 is 11.6 Å². The van der Waals surface area contributed by atoms with E-state index in [0.717, 1.165) is 17.5 Å². The zero-order valence-electron chi connectivity index (χ0n) is 10.8. The molecule has 1 saturated carbocycles. The van der Waals surface area contributed by atoms with Gasteiger partial charge < -0.3 is 5.32 Å². The molecule has 1 aliphatic carbocycles. The molecule has 0 bridgehead atoms. The normalized spacial score (nSPS) is 17.8. The van der Waals surface area contributed by atoms with Crippen LogP contribution in [0.2, 0.25) is 5.02 Å². The average Bonchev–Trinajstić information content (AvgIpc) is 2.19.